The summed E-state index contributed by atoms with van der Waals surface area (Å²) in [5, 5.41) is 13.5. The van der Waals surface area contributed by atoms with Crippen molar-refractivity contribution in [1.29, 1.82) is 0 Å². The number of alkyl halides is 3. The molecule has 2 aromatic carbocycles. The fourth-order valence-corrected chi connectivity index (χ4v) is 3.84. The zero-order valence-electron chi connectivity index (χ0n) is 20.0. The van der Waals surface area contributed by atoms with Gasteiger partial charge in [-0.3, -0.25) is 0 Å². The molecule has 0 radical (unpaired) electrons. The number of hydrogen-bond donors (Lipinski definition) is 4. The number of carbonyl (C=O) groups is 1. The van der Waals surface area contributed by atoms with Gasteiger partial charge in [0.2, 0.25) is 10.0 Å². The molecule has 1 aromatic heterocycles. The third-order valence-corrected chi connectivity index (χ3v) is 6.47. The SMILES string of the molecule is CNS(=O)(=O)c1cccc(Nc2cc(Nc3ccc([N+]4(C)C=CN=C4)cc3)ncn2)c1.O=C(O)C(F)(F)F. The summed E-state index contributed by atoms with van der Waals surface area (Å²) in [6, 6.07) is 16.2. The molecule has 4 N–H and O–H groups in total. The number of aliphatic imine (C=N–C) groups is 1. The van der Waals surface area contributed by atoms with E-state index in [4.69, 9.17) is 9.90 Å². The van der Waals surface area contributed by atoms with Crippen LogP contribution in [-0.4, -0.2) is 56.1 Å². The highest BCUT2D eigenvalue weighted by molar-refractivity contribution is 7.89. The van der Waals surface area contributed by atoms with Gasteiger partial charge in [0, 0.05) is 29.6 Å². The number of hydrogen-bond acceptors (Lipinski definition) is 8. The summed E-state index contributed by atoms with van der Waals surface area (Å²) in [5.41, 5.74) is 2.56. The number of sulfonamides is 1. The topological polar surface area (TPSA) is 146 Å². The summed E-state index contributed by atoms with van der Waals surface area (Å²) < 4.78 is 58.6. The van der Waals surface area contributed by atoms with E-state index in [1.165, 1.54) is 19.4 Å². The summed E-state index contributed by atoms with van der Waals surface area (Å²) in [7, 11) is -0.0978. The number of rotatable bonds is 7. The van der Waals surface area contributed by atoms with Gasteiger partial charge in [0.25, 0.3) is 0 Å². The Morgan fingerprint density at radius 3 is 2.11 bits per heavy atom. The molecule has 0 bridgehead atoms. The number of carboxylic acid groups (broad SMARTS) is 1. The lowest BCUT2D eigenvalue weighted by Gasteiger charge is -2.21. The highest BCUT2D eigenvalue weighted by Crippen LogP contribution is 2.26. The Bertz CT molecular complexity index is 1450. The maximum absolute atomic E-state index is 12.0. The van der Waals surface area contributed by atoms with E-state index >= 15 is 0 Å². The van der Waals surface area contributed by atoms with Crippen molar-refractivity contribution in [2.24, 2.45) is 4.99 Å². The van der Waals surface area contributed by atoms with Crippen LogP contribution in [0.4, 0.5) is 41.9 Å². The minimum absolute atomic E-state index is 0.168. The zero-order chi connectivity index (χ0) is 28.0. The van der Waals surface area contributed by atoms with E-state index < -0.39 is 22.2 Å². The Hall–Kier alpha value is -4.34. The largest absolute Gasteiger partial charge is 0.490 e. The lowest BCUT2D eigenvalue weighted by Crippen LogP contribution is -2.35. The lowest BCUT2D eigenvalue weighted by atomic mass is 10.2. The molecule has 0 aliphatic carbocycles. The molecular formula is C23H23F3N7O4S+. The molecule has 15 heteroatoms. The molecule has 38 heavy (non-hydrogen) atoms. The molecule has 3 aromatic rings. The van der Waals surface area contributed by atoms with E-state index in [1.54, 1.807) is 30.5 Å². The number of anilines is 4. The Kier molecular flexibility index (Phi) is 8.45. The van der Waals surface area contributed by atoms with Gasteiger partial charge in [-0.1, -0.05) is 6.07 Å². The minimum atomic E-state index is -5.08. The van der Waals surface area contributed by atoms with Crippen molar-refractivity contribution in [3.05, 3.63) is 73.3 Å². The number of aliphatic carboxylic acids is 1. The maximum atomic E-state index is 12.0. The van der Waals surface area contributed by atoms with Crippen LogP contribution in [0.2, 0.25) is 0 Å². The van der Waals surface area contributed by atoms with Crippen LogP contribution >= 0.6 is 0 Å². The molecule has 0 fully saturated rings. The van der Waals surface area contributed by atoms with Crippen LogP contribution in [-0.2, 0) is 14.8 Å². The van der Waals surface area contributed by atoms with Gasteiger partial charge in [-0.25, -0.2) is 37.4 Å². The Morgan fingerprint density at radius 1 is 0.974 bits per heavy atom. The van der Waals surface area contributed by atoms with Crippen molar-refractivity contribution in [3.8, 4) is 0 Å². The molecule has 0 spiro atoms. The van der Waals surface area contributed by atoms with Crippen molar-refractivity contribution in [2.45, 2.75) is 11.1 Å². The first-order valence-corrected chi connectivity index (χ1v) is 12.2. The molecule has 1 aliphatic heterocycles. The summed E-state index contributed by atoms with van der Waals surface area (Å²) in [4.78, 5) is 21.7. The third kappa shape index (κ3) is 7.34. The fraction of sp³-hybridized carbons (Fsp3) is 0.130. The van der Waals surface area contributed by atoms with E-state index in [0.717, 1.165) is 11.4 Å². The molecule has 1 atom stereocenters. The van der Waals surface area contributed by atoms with Crippen LogP contribution < -0.4 is 19.8 Å². The average molecular weight is 551 g/mol. The summed E-state index contributed by atoms with van der Waals surface area (Å²) in [6.07, 6.45) is 2.00. The van der Waals surface area contributed by atoms with Gasteiger partial charge >= 0.3 is 12.1 Å². The number of aromatic nitrogens is 2. The quantitative estimate of drug-likeness (QED) is 0.324. The van der Waals surface area contributed by atoms with E-state index in [-0.39, 0.29) is 4.90 Å². The molecule has 0 saturated heterocycles. The molecule has 200 valence electrons. The molecule has 0 saturated carbocycles. The van der Waals surface area contributed by atoms with Crippen LogP contribution in [0.15, 0.2) is 83.2 Å². The Labute approximate surface area is 216 Å². The monoisotopic (exact) mass is 550 g/mol. The van der Waals surface area contributed by atoms with Gasteiger partial charge in [-0.2, -0.15) is 13.2 Å². The van der Waals surface area contributed by atoms with Gasteiger partial charge in [0.1, 0.15) is 29.9 Å². The van der Waals surface area contributed by atoms with E-state index in [0.29, 0.717) is 21.8 Å². The van der Waals surface area contributed by atoms with Crippen LogP contribution in [0.3, 0.4) is 0 Å². The summed E-state index contributed by atoms with van der Waals surface area (Å²) in [6.45, 7) is 0. The van der Waals surface area contributed by atoms with Crippen LogP contribution in [0.1, 0.15) is 0 Å². The number of benzene rings is 2. The molecular weight excluding hydrogens is 527 g/mol. The summed E-state index contributed by atoms with van der Waals surface area (Å²) in [5.74, 6) is -1.62. The predicted molar refractivity (Wildman–Crippen MR) is 137 cm³/mol. The van der Waals surface area contributed by atoms with E-state index in [1.807, 2.05) is 36.8 Å². The lowest BCUT2D eigenvalue weighted by molar-refractivity contribution is -0.192. The van der Waals surface area contributed by atoms with Crippen LogP contribution in [0.5, 0.6) is 0 Å². The first kappa shape index (κ1) is 28.2. The standard InChI is InChI=1S/C21H22N7O2S.C2HF3O2/c1-22-31(29,30)19-5-3-4-17(12-19)27-21-13-20(24-14-25-21)26-16-6-8-18(9-7-16)28(2)11-10-23-15-28;3-2(4,5)1(6)7/h3-15,22H,1-2H3,(H2,24,25,26,27);(H,6,7)/q+1;. The molecule has 4 rings (SSSR count). The van der Waals surface area contributed by atoms with Crippen molar-refractivity contribution < 1.29 is 31.5 Å². The van der Waals surface area contributed by atoms with Gasteiger partial charge < -0.3 is 15.7 Å². The first-order valence-electron chi connectivity index (χ1n) is 10.7. The van der Waals surface area contributed by atoms with Crippen LogP contribution in [0.25, 0.3) is 0 Å². The Balaban J connectivity index is 0.000000505. The van der Waals surface area contributed by atoms with Crippen molar-refractivity contribution >= 4 is 51.0 Å². The number of nitrogens with one attached hydrogen (secondary N) is 3. The van der Waals surface area contributed by atoms with Gasteiger partial charge in [-0.05, 0) is 37.4 Å². The predicted octanol–water partition coefficient (Wildman–Crippen LogP) is 3.96. The zero-order valence-corrected chi connectivity index (χ0v) is 20.8. The van der Waals surface area contributed by atoms with Crippen molar-refractivity contribution in [3.63, 3.8) is 0 Å². The third-order valence-electron chi connectivity index (χ3n) is 5.06. The summed E-state index contributed by atoms with van der Waals surface area (Å²) >= 11 is 0. The van der Waals surface area contributed by atoms with Gasteiger partial charge in [-0.15, -0.1) is 0 Å². The van der Waals surface area contributed by atoms with Gasteiger partial charge in [0.15, 0.2) is 6.34 Å². The second-order valence-corrected chi connectivity index (χ2v) is 9.72. The number of quaternary nitrogens is 1. The Morgan fingerprint density at radius 2 is 1.58 bits per heavy atom. The minimum Gasteiger partial charge on any atom is -0.475 e. The van der Waals surface area contributed by atoms with E-state index in [9.17, 15) is 21.6 Å². The highest BCUT2D eigenvalue weighted by atomic mass is 32.2. The molecule has 2 heterocycles. The first-order chi connectivity index (χ1) is 17.8. The average Bonchev–Trinajstić information content (AvgIpc) is 3.32. The fourth-order valence-electron chi connectivity index (χ4n) is 3.06. The smallest absolute Gasteiger partial charge is 0.475 e. The molecule has 1 aliphatic rings. The normalized spacial score (nSPS) is 16.4. The van der Waals surface area contributed by atoms with Crippen molar-refractivity contribution in [1.82, 2.24) is 19.2 Å². The maximum Gasteiger partial charge on any atom is 0.490 e. The van der Waals surface area contributed by atoms with Crippen molar-refractivity contribution in [2.75, 3.05) is 24.7 Å². The second kappa shape index (κ2) is 11.4. The van der Waals surface area contributed by atoms with E-state index in [2.05, 4.69) is 37.4 Å². The number of nitrogens with zero attached hydrogens (tertiary/aromatic N) is 4. The molecule has 0 amide bonds. The van der Waals surface area contributed by atoms with Gasteiger partial charge in [0.05, 0.1) is 18.1 Å². The molecule has 11 nitrogen and oxygen atoms in total. The number of halogens is 3. The highest BCUT2D eigenvalue weighted by Gasteiger charge is 2.38. The molecule has 1 unspecified atom stereocenters. The second-order valence-electron chi connectivity index (χ2n) is 7.83. The van der Waals surface area contributed by atoms with Crippen LogP contribution in [0, 0.1) is 0 Å². The number of carboxylic acids is 1.